The first-order chi connectivity index (χ1) is 14.2. The third kappa shape index (κ3) is 4.76. The predicted molar refractivity (Wildman–Crippen MR) is 111 cm³/mol. The molecule has 0 bridgehead atoms. The number of hydrogen-bond acceptors (Lipinski definition) is 5. The van der Waals surface area contributed by atoms with Crippen LogP contribution >= 0.6 is 11.6 Å². The molecule has 3 aromatic carbocycles. The number of hydrogen-bond donors (Lipinski definition) is 0. The van der Waals surface area contributed by atoms with Gasteiger partial charge in [-0.25, -0.2) is 0 Å². The minimum absolute atomic E-state index is 0.401. The summed E-state index contributed by atoms with van der Waals surface area (Å²) in [7, 11) is 1.62. The topological polar surface area (TPSA) is 57.4 Å². The third-order valence-corrected chi connectivity index (χ3v) is 4.58. The first-order valence-corrected chi connectivity index (χ1v) is 9.51. The average molecular weight is 407 g/mol. The lowest BCUT2D eigenvalue weighted by Gasteiger charge is -2.10. The number of rotatable bonds is 7. The largest absolute Gasteiger partial charge is 0.493 e. The zero-order valence-corrected chi connectivity index (χ0v) is 16.6. The van der Waals surface area contributed by atoms with Crippen LogP contribution in [0.15, 0.2) is 77.2 Å². The summed E-state index contributed by atoms with van der Waals surface area (Å²) in [5.41, 5.74) is 2.85. The summed E-state index contributed by atoms with van der Waals surface area (Å²) in [5.74, 6) is 2.41. The van der Waals surface area contributed by atoms with Crippen molar-refractivity contribution in [3.8, 4) is 23.0 Å². The van der Waals surface area contributed by atoms with Crippen molar-refractivity contribution in [2.24, 2.45) is 0 Å². The van der Waals surface area contributed by atoms with Gasteiger partial charge >= 0.3 is 0 Å². The van der Waals surface area contributed by atoms with Crippen LogP contribution in [0.4, 0.5) is 0 Å². The minimum atomic E-state index is 0.401. The first kappa shape index (κ1) is 19.0. The summed E-state index contributed by atoms with van der Waals surface area (Å²) in [6.45, 7) is 0.401. The molecule has 0 radical (unpaired) electrons. The van der Waals surface area contributed by atoms with Gasteiger partial charge in [0.05, 0.1) is 13.5 Å². The van der Waals surface area contributed by atoms with Crippen LogP contribution in [-0.4, -0.2) is 17.3 Å². The van der Waals surface area contributed by atoms with Gasteiger partial charge in [-0.1, -0.05) is 48.0 Å². The zero-order chi connectivity index (χ0) is 20.1. The maximum absolute atomic E-state index is 6.04. The summed E-state index contributed by atoms with van der Waals surface area (Å²) in [6.07, 6.45) is 0.532. The van der Waals surface area contributed by atoms with Gasteiger partial charge in [0.15, 0.2) is 11.5 Å². The van der Waals surface area contributed by atoms with E-state index in [9.17, 15) is 0 Å². The van der Waals surface area contributed by atoms with Gasteiger partial charge in [-0.05, 0) is 47.5 Å². The Morgan fingerprint density at radius 2 is 1.66 bits per heavy atom. The van der Waals surface area contributed by atoms with Crippen molar-refractivity contribution in [1.29, 1.82) is 0 Å². The molecule has 0 amide bonds. The molecule has 29 heavy (non-hydrogen) atoms. The second-order valence-electron chi connectivity index (χ2n) is 6.45. The fraction of sp³-hybridized carbons (Fsp3) is 0.130. The molecule has 0 aliphatic heterocycles. The Labute approximate surface area is 173 Å². The van der Waals surface area contributed by atoms with Crippen LogP contribution < -0.4 is 9.47 Å². The van der Waals surface area contributed by atoms with Crippen LogP contribution in [0.5, 0.6) is 11.5 Å². The maximum Gasteiger partial charge on any atom is 0.247 e. The van der Waals surface area contributed by atoms with E-state index in [1.165, 1.54) is 0 Å². The number of aromatic nitrogens is 2. The Kier molecular flexibility index (Phi) is 5.77. The Morgan fingerprint density at radius 3 is 2.48 bits per heavy atom. The van der Waals surface area contributed by atoms with Crippen LogP contribution in [0.25, 0.3) is 11.5 Å². The Hall–Kier alpha value is -3.31. The molecule has 0 N–H and O–H groups in total. The monoisotopic (exact) mass is 406 g/mol. The second-order valence-corrected chi connectivity index (χ2v) is 6.88. The number of benzene rings is 3. The van der Waals surface area contributed by atoms with Crippen molar-refractivity contribution >= 4 is 11.6 Å². The summed E-state index contributed by atoms with van der Waals surface area (Å²) >= 11 is 6.04. The van der Waals surface area contributed by atoms with Gasteiger partial charge in [-0.3, -0.25) is 0 Å². The molecule has 0 spiro atoms. The van der Waals surface area contributed by atoms with Crippen LogP contribution in [0, 0.1) is 0 Å². The fourth-order valence-corrected chi connectivity index (χ4v) is 3.17. The molecule has 0 aliphatic carbocycles. The minimum Gasteiger partial charge on any atom is -0.493 e. The van der Waals surface area contributed by atoms with E-state index in [1.54, 1.807) is 7.11 Å². The van der Waals surface area contributed by atoms with Crippen molar-refractivity contribution in [2.75, 3.05) is 7.11 Å². The van der Waals surface area contributed by atoms with E-state index in [4.69, 9.17) is 25.5 Å². The second kappa shape index (κ2) is 8.80. The van der Waals surface area contributed by atoms with E-state index in [0.717, 1.165) is 16.7 Å². The highest BCUT2D eigenvalue weighted by atomic mass is 35.5. The quantitative estimate of drug-likeness (QED) is 0.401. The van der Waals surface area contributed by atoms with E-state index >= 15 is 0 Å². The molecule has 4 aromatic rings. The van der Waals surface area contributed by atoms with Crippen molar-refractivity contribution in [1.82, 2.24) is 10.2 Å². The lowest BCUT2D eigenvalue weighted by molar-refractivity contribution is 0.284. The SMILES string of the molecule is COc1ccccc1OCc1cccc(-c2nnc(Cc3cccc(Cl)c3)o2)c1. The van der Waals surface area contributed by atoms with Crippen LogP contribution in [0.3, 0.4) is 0 Å². The van der Waals surface area contributed by atoms with Crippen molar-refractivity contribution in [3.05, 3.63) is 94.8 Å². The van der Waals surface area contributed by atoms with Gasteiger partial charge in [0, 0.05) is 10.6 Å². The maximum atomic E-state index is 6.04. The summed E-state index contributed by atoms with van der Waals surface area (Å²) in [5, 5.41) is 9.02. The number of halogens is 1. The van der Waals surface area contributed by atoms with Gasteiger partial charge in [0.1, 0.15) is 6.61 Å². The van der Waals surface area contributed by atoms with Gasteiger partial charge in [-0.15, -0.1) is 10.2 Å². The van der Waals surface area contributed by atoms with Crippen LogP contribution in [-0.2, 0) is 13.0 Å². The predicted octanol–water partition coefficient (Wildman–Crippen LogP) is 5.57. The normalized spacial score (nSPS) is 10.7. The highest BCUT2D eigenvalue weighted by Gasteiger charge is 2.11. The van der Waals surface area contributed by atoms with E-state index in [-0.39, 0.29) is 0 Å². The number of methoxy groups -OCH3 is 1. The van der Waals surface area contributed by atoms with Gasteiger partial charge < -0.3 is 13.9 Å². The average Bonchev–Trinajstić information content (AvgIpc) is 3.21. The van der Waals surface area contributed by atoms with E-state index in [0.29, 0.717) is 41.3 Å². The molecule has 0 saturated carbocycles. The molecule has 0 unspecified atom stereocenters. The lowest BCUT2D eigenvalue weighted by atomic mass is 10.1. The highest BCUT2D eigenvalue weighted by molar-refractivity contribution is 6.30. The molecular weight excluding hydrogens is 388 g/mol. The first-order valence-electron chi connectivity index (χ1n) is 9.13. The smallest absolute Gasteiger partial charge is 0.247 e. The van der Waals surface area contributed by atoms with Gasteiger partial charge in [-0.2, -0.15) is 0 Å². The van der Waals surface area contributed by atoms with Crippen molar-refractivity contribution in [2.45, 2.75) is 13.0 Å². The van der Waals surface area contributed by atoms with E-state index < -0.39 is 0 Å². The summed E-state index contributed by atoms with van der Waals surface area (Å²) in [6, 6.07) is 23.0. The number of ether oxygens (including phenoxy) is 2. The van der Waals surface area contributed by atoms with E-state index in [2.05, 4.69) is 10.2 Å². The van der Waals surface area contributed by atoms with Crippen LogP contribution in [0.2, 0.25) is 5.02 Å². The number of para-hydroxylation sites is 2. The molecule has 6 heteroatoms. The Balaban J connectivity index is 1.47. The highest BCUT2D eigenvalue weighted by Crippen LogP contribution is 2.27. The fourth-order valence-electron chi connectivity index (χ4n) is 2.96. The van der Waals surface area contributed by atoms with E-state index in [1.807, 2.05) is 72.8 Å². The molecule has 1 aromatic heterocycles. The molecule has 0 aliphatic rings. The molecule has 1 heterocycles. The molecule has 4 rings (SSSR count). The third-order valence-electron chi connectivity index (χ3n) is 4.35. The van der Waals surface area contributed by atoms with Gasteiger partial charge in [0.25, 0.3) is 0 Å². The lowest BCUT2D eigenvalue weighted by Crippen LogP contribution is -1.97. The Morgan fingerprint density at radius 1 is 0.862 bits per heavy atom. The van der Waals surface area contributed by atoms with Crippen LogP contribution in [0.1, 0.15) is 17.0 Å². The molecule has 0 fully saturated rings. The summed E-state index contributed by atoms with van der Waals surface area (Å²) in [4.78, 5) is 0. The number of nitrogens with zero attached hydrogens (tertiary/aromatic N) is 2. The summed E-state index contributed by atoms with van der Waals surface area (Å²) < 4.78 is 17.1. The zero-order valence-electron chi connectivity index (χ0n) is 15.8. The Bertz CT molecular complexity index is 1110. The van der Waals surface area contributed by atoms with Crippen molar-refractivity contribution < 1.29 is 13.9 Å². The standard InChI is InChI=1S/C23H19ClN2O3/c1-27-20-10-2-3-11-21(20)28-15-17-7-4-8-18(12-17)23-26-25-22(29-23)14-16-6-5-9-19(24)13-16/h2-13H,14-15H2,1H3. The molecule has 0 saturated heterocycles. The molecule has 146 valence electrons. The molecular formula is C23H19ClN2O3. The van der Waals surface area contributed by atoms with Gasteiger partial charge in [0.2, 0.25) is 11.8 Å². The molecule has 5 nitrogen and oxygen atoms in total. The van der Waals surface area contributed by atoms with Crippen molar-refractivity contribution in [3.63, 3.8) is 0 Å². The molecule has 0 atom stereocenters.